The van der Waals surface area contributed by atoms with Crippen LogP contribution in [0.15, 0.2) is 24.4 Å². The summed E-state index contributed by atoms with van der Waals surface area (Å²) in [5.41, 5.74) is 4.44. The van der Waals surface area contributed by atoms with E-state index >= 15 is 0 Å². The van der Waals surface area contributed by atoms with Gasteiger partial charge in [-0.25, -0.2) is 4.68 Å². The Hall–Kier alpha value is -3.22. The van der Waals surface area contributed by atoms with Crippen LogP contribution in [0, 0.1) is 13.8 Å². The van der Waals surface area contributed by atoms with Crippen molar-refractivity contribution >= 4 is 0 Å². The number of nitrogens with zero attached hydrogens (tertiary/aromatic N) is 3. The summed E-state index contributed by atoms with van der Waals surface area (Å²) in [6.45, 7) is 8.36. The molecule has 0 spiro atoms. The number of phenols is 3. The fourth-order valence-electron chi connectivity index (χ4n) is 3.77. The van der Waals surface area contributed by atoms with Gasteiger partial charge in [-0.3, -0.25) is 0 Å². The van der Waals surface area contributed by atoms with Crippen molar-refractivity contribution in [2.24, 2.45) is 0 Å². The predicted molar refractivity (Wildman–Crippen MR) is 108 cm³/mol. The maximum absolute atomic E-state index is 10.9. The van der Waals surface area contributed by atoms with Gasteiger partial charge in [0.1, 0.15) is 22.8 Å². The summed E-state index contributed by atoms with van der Waals surface area (Å²) in [5.74, 6) is 0.689. The SMILES string of the molecule is Cc1c(C)c2c(c(-c3cn(Cc4ccc(O)c(O)c4)nn3)c1O)CCC(C)(C)O2. The van der Waals surface area contributed by atoms with E-state index in [1.165, 1.54) is 12.1 Å². The van der Waals surface area contributed by atoms with Gasteiger partial charge in [0, 0.05) is 5.56 Å². The maximum Gasteiger partial charge on any atom is 0.157 e. The first-order chi connectivity index (χ1) is 13.7. The summed E-state index contributed by atoms with van der Waals surface area (Å²) >= 11 is 0. The van der Waals surface area contributed by atoms with Crippen LogP contribution in [-0.4, -0.2) is 35.9 Å². The normalized spacial score (nSPS) is 15.0. The second kappa shape index (κ2) is 6.69. The molecule has 0 saturated carbocycles. The summed E-state index contributed by atoms with van der Waals surface area (Å²) in [6.07, 6.45) is 3.40. The van der Waals surface area contributed by atoms with E-state index in [2.05, 4.69) is 24.2 Å². The van der Waals surface area contributed by atoms with Crippen LogP contribution in [0.4, 0.5) is 0 Å². The molecule has 0 radical (unpaired) electrons. The van der Waals surface area contributed by atoms with Gasteiger partial charge in [-0.15, -0.1) is 5.10 Å². The Morgan fingerprint density at radius 1 is 1.10 bits per heavy atom. The zero-order valence-electron chi connectivity index (χ0n) is 17.0. The summed E-state index contributed by atoms with van der Waals surface area (Å²) in [6, 6.07) is 4.64. The minimum absolute atomic E-state index is 0.164. The van der Waals surface area contributed by atoms with E-state index in [0.29, 0.717) is 17.8 Å². The topological polar surface area (TPSA) is 101 Å². The number of phenolic OH excluding ortho intramolecular Hbond substituents is 3. The molecule has 7 heteroatoms. The van der Waals surface area contributed by atoms with Gasteiger partial charge in [0.15, 0.2) is 11.5 Å². The molecule has 29 heavy (non-hydrogen) atoms. The number of aromatic nitrogens is 3. The van der Waals surface area contributed by atoms with Crippen molar-refractivity contribution in [3.63, 3.8) is 0 Å². The Morgan fingerprint density at radius 3 is 2.59 bits per heavy atom. The molecule has 2 heterocycles. The Morgan fingerprint density at radius 2 is 1.86 bits per heavy atom. The quantitative estimate of drug-likeness (QED) is 0.583. The molecule has 0 aliphatic carbocycles. The molecule has 4 rings (SSSR count). The zero-order valence-corrected chi connectivity index (χ0v) is 17.0. The maximum atomic E-state index is 10.9. The first-order valence-corrected chi connectivity index (χ1v) is 9.61. The number of fused-ring (bicyclic) bond motifs is 1. The number of benzene rings is 2. The standard InChI is InChI=1S/C22H25N3O4/c1-12-13(2)21-15(7-8-22(3,4)29-21)19(20(12)28)16-11-25(24-23-16)10-14-5-6-17(26)18(27)9-14/h5-6,9,11,26-28H,7-8,10H2,1-4H3. The molecule has 0 amide bonds. The van der Waals surface area contributed by atoms with Crippen molar-refractivity contribution in [1.29, 1.82) is 0 Å². The smallest absolute Gasteiger partial charge is 0.157 e. The largest absolute Gasteiger partial charge is 0.507 e. The van der Waals surface area contributed by atoms with E-state index in [1.807, 2.05) is 13.8 Å². The molecule has 0 unspecified atom stereocenters. The minimum atomic E-state index is -0.253. The Balaban J connectivity index is 1.74. The second-order valence-corrected chi connectivity index (χ2v) is 8.27. The molecule has 3 aromatic rings. The van der Waals surface area contributed by atoms with Crippen LogP contribution in [0.3, 0.4) is 0 Å². The highest BCUT2D eigenvalue weighted by Gasteiger charge is 2.32. The van der Waals surface area contributed by atoms with Gasteiger partial charge in [-0.05, 0) is 69.4 Å². The lowest BCUT2D eigenvalue weighted by Gasteiger charge is -2.35. The summed E-state index contributed by atoms with van der Waals surface area (Å²) < 4.78 is 7.89. The molecule has 1 aliphatic rings. The average molecular weight is 395 g/mol. The third-order valence-corrected chi connectivity index (χ3v) is 5.61. The number of aromatic hydroxyl groups is 3. The van der Waals surface area contributed by atoms with Crippen molar-refractivity contribution in [2.45, 2.75) is 52.7 Å². The molecule has 2 aromatic carbocycles. The first kappa shape index (κ1) is 19.1. The highest BCUT2D eigenvalue weighted by molar-refractivity contribution is 5.77. The Bertz CT molecular complexity index is 1100. The molecule has 7 nitrogen and oxygen atoms in total. The predicted octanol–water partition coefficient (Wildman–Crippen LogP) is 3.83. The molecule has 152 valence electrons. The molecule has 0 bridgehead atoms. The lowest BCUT2D eigenvalue weighted by atomic mass is 9.86. The zero-order chi connectivity index (χ0) is 20.9. The molecule has 0 fully saturated rings. The fraction of sp³-hybridized carbons (Fsp3) is 0.364. The Labute approximate surface area is 169 Å². The van der Waals surface area contributed by atoms with Crippen molar-refractivity contribution < 1.29 is 20.1 Å². The van der Waals surface area contributed by atoms with Crippen LogP contribution in [-0.2, 0) is 13.0 Å². The highest BCUT2D eigenvalue weighted by atomic mass is 16.5. The van der Waals surface area contributed by atoms with Crippen LogP contribution in [0.25, 0.3) is 11.3 Å². The van der Waals surface area contributed by atoms with Crippen molar-refractivity contribution in [1.82, 2.24) is 15.0 Å². The van der Waals surface area contributed by atoms with Crippen molar-refractivity contribution in [3.05, 3.63) is 46.6 Å². The molecule has 1 aliphatic heterocycles. The lowest BCUT2D eigenvalue weighted by Crippen LogP contribution is -2.33. The molecule has 0 atom stereocenters. The van der Waals surface area contributed by atoms with E-state index in [-0.39, 0.29) is 22.8 Å². The number of ether oxygens (including phenoxy) is 1. The lowest BCUT2D eigenvalue weighted by molar-refractivity contribution is 0.0836. The number of rotatable bonds is 3. The van der Waals surface area contributed by atoms with E-state index < -0.39 is 0 Å². The molecule has 0 saturated heterocycles. The first-order valence-electron chi connectivity index (χ1n) is 9.61. The van der Waals surface area contributed by atoms with E-state index in [1.54, 1.807) is 16.9 Å². The average Bonchev–Trinajstić information content (AvgIpc) is 3.11. The monoisotopic (exact) mass is 395 g/mol. The summed E-state index contributed by atoms with van der Waals surface area (Å²) in [7, 11) is 0. The molecule has 1 aromatic heterocycles. The van der Waals surface area contributed by atoms with Crippen LogP contribution >= 0.6 is 0 Å². The van der Waals surface area contributed by atoms with E-state index in [9.17, 15) is 15.3 Å². The summed E-state index contributed by atoms with van der Waals surface area (Å²) in [5, 5.41) is 38.5. The van der Waals surface area contributed by atoms with Gasteiger partial charge < -0.3 is 20.1 Å². The van der Waals surface area contributed by atoms with Crippen LogP contribution in [0.2, 0.25) is 0 Å². The van der Waals surface area contributed by atoms with E-state index in [4.69, 9.17) is 4.74 Å². The fourth-order valence-corrected chi connectivity index (χ4v) is 3.77. The van der Waals surface area contributed by atoms with Gasteiger partial charge in [0.25, 0.3) is 0 Å². The molecular formula is C22H25N3O4. The van der Waals surface area contributed by atoms with Crippen LogP contribution < -0.4 is 4.74 Å². The summed E-state index contributed by atoms with van der Waals surface area (Å²) in [4.78, 5) is 0. The minimum Gasteiger partial charge on any atom is -0.507 e. The third kappa shape index (κ3) is 3.37. The van der Waals surface area contributed by atoms with Gasteiger partial charge in [-0.1, -0.05) is 11.3 Å². The number of hydrogen-bond donors (Lipinski definition) is 3. The van der Waals surface area contributed by atoms with Gasteiger partial charge in [0.2, 0.25) is 0 Å². The molecular weight excluding hydrogens is 370 g/mol. The molecule has 3 N–H and O–H groups in total. The number of hydrogen-bond acceptors (Lipinski definition) is 6. The van der Waals surface area contributed by atoms with Crippen molar-refractivity contribution in [2.75, 3.05) is 0 Å². The van der Waals surface area contributed by atoms with Crippen LogP contribution in [0.5, 0.6) is 23.0 Å². The van der Waals surface area contributed by atoms with Gasteiger partial charge in [0.05, 0.1) is 18.3 Å². The second-order valence-electron chi connectivity index (χ2n) is 8.27. The van der Waals surface area contributed by atoms with Gasteiger partial charge in [-0.2, -0.15) is 0 Å². The van der Waals surface area contributed by atoms with Crippen molar-refractivity contribution in [3.8, 4) is 34.3 Å². The van der Waals surface area contributed by atoms with Crippen LogP contribution in [0.1, 0.15) is 42.5 Å². The highest BCUT2D eigenvalue weighted by Crippen LogP contribution is 2.47. The van der Waals surface area contributed by atoms with E-state index in [0.717, 1.165) is 40.8 Å². The Kier molecular flexibility index (Phi) is 4.41. The van der Waals surface area contributed by atoms with Gasteiger partial charge >= 0.3 is 0 Å². The third-order valence-electron chi connectivity index (χ3n) is 5.61.